The van der Waals surface area contributed by atoms with Crippen molar-refractivity contribution < 1.29 is 28.5 Å². The first-order chi connectivity index (χ1) is 15.2. The molecule has 2 aromatic carbocycles. The molecule has 0 radical (unpaired) electrons. The summed E-state index contributed by atoms with van der Waals surface area (Å²) >= 11 is -3.62. The molecule has 0 saturated heterocycles. The molecule has 0 bridgehead atoms. The van der Waals surface area contributed by atoms with Gasteiger partial charge in [0.2, 0.25) is 0 Å². The summed E-state index contributed by atoms with van der Waals surface area (Å²) in [5.74, 6) is 0.148. The molecule has 0 aliphatic carbocycles. The molecule has 0 saturated carbocycles. The normalized spacial score (nSPS) is 12.6. The number of hydrogen-bond acceptors (Lipinski definition) is 6. The summed E-state index contributed by atoms with van der Waals surface area (Å²) in [6.45, 7) is 10.4. The Morgan fingerprint density at radius 2 is 0.970 bits per heavy atom. The summed E-state index contributed by atoms with van der Waals surface area (Å²) in [5, 5.41) is 0. The summed E-state index contributed by atoms with van der Waals surface area (Å²) in [4.78, 5) is 23.6. The number of hydrogen-bond donors (Lipinski definition) is 0. The molecule has 2 aromatic rings. The molecule has 9 heteroatoms. The van der Waals surface area contributed by atoms with E-state index in [1.807, 2.05) is 0 Å². The average molecular weight is 613 g/mol. The maximum atomic E-state index is 11.8. The zero-order valence-corrected chi connectivity index (χ0v) is 23.5. The fourth-order valence-electron chi connectivity index (χ4n) is 2.58. The number of halogens is 2. The summed E-state index contributed by atoms with van der Waals surface area (Å²) in [6.07, 6.45) is 0. The predicted octanol–water partition coefficient (Wildman–Crippen LogP) is 4.16. The molecule has 0 aliphatic rings. The van der Waals surface area contributed by atoms with Crippen LogP contribution in [-0.2, 0) is 19.1 Å². The van der Waals surface area contributed by atoms with Crippen molar-refractivity contribution in [2.75, 3.05) is 13.2 Å². The number of ether oxygens (including phenoxy) is 4. The number of carbonyl (C=O) groups excluding carboxylic acids is 2. The van der Waals surface area contributed by atoms with Crippen molar-refractivity contribution in [3.63, 3.8) is 0 Å². The number of benzene rings is 2. The Labute approximate surface area is 206 Å². The van der Waals surface area contributed by atoms with E-state index in [-0.39, 0.29) is 13.2 Å². The minimum absolute atomic E-state index is 0.185. The first-order valence-corrected chi connectivity index (χ1v) is 18.5. The van der Waals surface area contributed by atoms with E-state index in [0.29, 0.717) is 11.5 Å². The molecular weight excluding hydrogens is 583 g/mol. The van der Waals surface area contributed by atoms with Crippen molar-refractivity contribution in [2.45, 2.75) is 52.7 Å². The van der Waals surface area contributed by atoms with E-state index in [1.54, 1.807) is 90.1 Å². The van der Waals surface area contributed by atoms with Crippen LogP contribution in [0.5, 0.6) is 11.5 Å². The van der Waals surface area contributed by atoms with E-state index in [9.17, 15) is 9.59 Å². The minimum atomic E-state index is -3.62. The Bertz CT molecular complexity index is 867. The molecule has 0 N–H and O–H groups in total. The van der Waals surface area contributed by atoms with Crippen LogP contribution in [0.3, 0.4) is 0 Å². The van der Waals surface area contributed by atoms with Gasteiger partial charge in [-0.05, 0) is 0 Å². The first kappa shape index (κ1) is 27.6. The summed E-state index contributed by atoms with van der Waals surface area (Å²) in [7, 11) is 13.6. The van der Waals surface area contributed by atoms with Crippen LogP contribution < -0.4 is 16.7 Å². The van der Waals surface area contributed by atoms with Gasteiger partial charge in [-0.2, -0.15) is 0 Å². The van der Waals surface area contributed by atoms with Gasteiger partial charge >= 0.3 is 208 Å². The van der Waals surface area contributed by atoms with Crippen molar-refractivity contribution in [1.29, 1.82) is 0 Å². The van der Waals surface area contributed by atoms with Crippen LogP contribution in [0.4, 0.5) is 0 Å². The topological polar surface area (TPSA) is 71.1 Å². The second-order valence-electron chi connectivity index (χ2n) is 9.16. The second-order valence-corrected chi connectivity index (χ2v) is 21.8. The third kappa shape index (κ3) is 9.62. The van der Waals surface area contributed by atoms with E-state index in [0.717, 1.165) is 7.22 Å². The SMILES string of the molecule is CC(C)(C)OC(=O)COc1ccc([Te](Cl)(Cl)c2ccc(OCC(=O)OC(C)(C)C)cc2)cc1. The molecular formula is C24H30Cl2O6Te. The number of esters is 2. The summed E-state index contributed by atoms with van der Waals surface area (Å²) < 4.78 is 23.0. The molecule has 0 fully saturated rings. The van der Waals surface area contributed by atoms with Crippen LogP contribution in [-0.4, -0.2) is 52.3 Å². The standard InChI is InChI=1S/C24H30Cl2O6Te/c1-23(2,3)31-21(27)15-29-17-7-11-19(12-8-17)33(25,26)20-13-9-18(10-14-20)30-16-22(28)32-24(4,5)6/h7-14H,15-16H2,1-6H3. The average Bonchev–Trinajstić information content (AvgIpc) is 2.69. The van der Waals surface area contributed by atoms with Gasteiger partial charge in [0.15, 0.2) is 0 Å². The van der Waals surface area contributed by atoms with Crippen molar-refractivity contribution in [2.24, 2.45) is 0 Å². The fraction of sp³-hybridized carbons (Fsp3) is 0.417. The van der Waals surface area contributed by atoms with Crippen molar-refractivity contribution in [3.05, 3.63) is 48.5 Å². The molecule has 0 unspecified atom stereocenters. The van der Waals surface area contributed by atoms with Gasteiger partial charge in [0.05, 0.1) is 0 Å². The van der Waals surface area contributed by atoms with E-state index < -0.39 is 39.1 Å². The molecule has 0 aliphatic heterocycles. The van der Waals surface area contributed by atoms with E-state index in [1.165, 1.54) is 0 Å². The molecule has 0 heterocycles. The van der Waals surface area contributed by atoms with E-state index in [4.69, 9.17) is 36.9 Å². The molecule has 2 rings (SSSR count). The molecule has 0 amide bonds. The van der Waals surface area contributed by atoms with Gasteiger partial charge in [-0.25, -0.2) is 0 Å². The Balaban J connectivity index is 1.97. The van der Waals surface area contributed by atoms with Crippen molar-refractivity contribution >= 4 is 53.0 Å². The van der Waals surface area contributed by atoms with Gasteiger partial charge in [-0.3, -0.25) is 0 Å². The Hall–Kier alpha value is -1.65. The molecule has 0 aromatic heterocycles. The number of rotatable bonds is 8. The zero-order chi connectivity index (χ0) is 24.9. The maximum absolute atomic E-state index is 11.8. The quantitative estimate of drug-likeness (QED) is 0.330. The first-order valence-electron chi connectivity index (χ1n) is 10.3. The number of carbonyl (C=O) groups is 2. The van der Waals surface area contributed by atoms with E-state index >= 15 is 0 Å². The van der Waals surface area contributed by atoms with E-state index in [2.05, 4.69) is 0 Å². The molecule has 6 nitrogen and oxygen atoms in total. The molecule has 0 atom stereocenters. The zero-order valence-electron chi connectivity index (χ0n) is 19.6. The monoisotopic (exact) mass is 614 g/mol. The van der Waals surface area contributed by atoms with Gasteiger partial charge in [0.1, 0.15) is 0 Å². The summed E-state index contributed by atoms with van der Waals surface area (Å²) in [6, 6.07) is 14.1. The predicted molar refractivity (Wildman–Crippen MR) is 132 cm³/mol. The molecule has 182 valence electrons. The van der Waals surface area contributed by atoms with Crippen LogP contribution >= 0.6 is 17.9 Å². The molecule has 0 spiro atoms. The summed E-state index contributed by atoms with van der Waals surface area (Å²) in [5.41, 5.74) is -1.13. The van der Waals surface area contributed by atoms with Crippen molar-refractivity contribution in [3.8, 4) is 11.5 Å². The van der Waals surface area contributed by atoms with Gasteiger partial charge in [-0.1, -0.05) is 0 Å². The Kier molecular flexibility index (Phi) is 9.35. The van der Waals surface area contributed by atoms with Crippen LogP contribution in [0.25, 0.3) is 0 Å². The van der Waals surface area contributed by atoms with Gasteiger partial charge in [-0.15, -0.1) is 0 Å². The van der Waals surface area contributed by atoms with Crippen LogP contribution in [0.15, 0.2) is 48.5 Å². The second kappa shape index (κ2) is 11.2. The van der Waals surface area contributed by atoms with Crippen LogP contribution in [0.1, 0.15) is 41.5 Å². The Morgan fingerprint density at radius 3 is 1.24 bits per heavy atom. The van der Waals surface area contributed by atoms with Crippen molar-refractivity contribution in [1.82, 2.24) is 0 Å². The Morgan fingerprint density at radius 1 is 0.667 bits per heavy atom. The van der Waals surface area contributed by atoms with Crippen LogP contribution in [0, 0.1) is 0 Å². The third-order valence-electron chi connectivity index (χ3n) is 3.79. The van der Waals surface area contributed by atoms with Crippen LogP contribution in [0.2, 0.25) is 0 Å². The van der Waals surface area contributed by atoms with Gasteiger partial charge in [0.25, 0.3) is 0 Å². The third-order valence-corrected chi connectivity index (χ3v) is 13.5. The van der Waals surface area contributed by atoms with Gasteiger partial charge < -0.3 is 0 Å². The molecule has 33 heavy (non-hydrogen) atoms. The van der Waals surface area contributed by atoms with Gasteiger partial charge in [0, 0.05) is 0 Å². The fourth-order valence-corrected chi connectivity index (χ4v) is 8.84.